The van der Waals surface area contributed by atoms with Gasteiger partial charge in [-0.25, -0.2) is 4.79 Å². The van der Waals surface area contributed by atoms with E-state index in [9.17, 15) is 14.4 Å². The average Bonchev–Trinajstić information content (AvgIpc) is 3.09. The number of amides is 2. The standard InChI is InChI=1S/C22H18Cl2N2O5S/c1-12-18(22(29)30-2)21(32-19(12)20(28)25-14-6-4-3-5-7-14)26-17(27)11-31-16-9-8-13(23)10-15(16)24/h3-10H,11H2,1-2H3,(H,25,28)(H,26,27). The number of rotatable bonds is 7. The Morgan fingerprint density at radius 2 is 1.75 bits per heavy atom. The van der Waals surface area contributed by atoms with E-state index in [1.54, 1.807) is 43.3 Å². The van der Waals surface area contributed by atoms with Gasteiger partial charge in [0.15, 0.2) is 6.61 Å². The van der Waals surface area contributed by atoms with Gasteiger partial charge in [-0.2, -0.15) is 0 Å². The number of halogens is 2. The quantitative estimate of drug-likeness (QED) is 0.429. The minimum atomic E-state index is -0.672. The van der Waals surface area contributed by atoms with Crippen LogP contribution in [0, 0.1) is 6.92 Å². The van der Waals surface area contributed by atoms with Gasteiger partial charge in [0.25, 0.3) is 11.8 Å². The van der Waals surface area contributed by atoms with Crippen LogP contribution in [-0.4, -0.2) is 31.5 Å². The minimum absolute atomic E-state index is 0.105. The number of esters is 1. The molecular formula is C22H18Cl2N2O5S. The van der Waals surface area contributed by atoms with Crippen molar-refractivity contribution < 1.29 is 23.9 Å². The molecule has 1 aromatic heterocycles. The molecular weight excluding hydrogens is 475 g/mol. The summed E-state index contributed by atoms with van der Waals surface area (Å²) in [5, 5.41) is 6.25. The molecule has 0 bridgehead atoms. The van der Waals surface area contributed by atoms with Crippen LogP contribution in [-0.2, 0) is 9.53 Å². The van der Waals surface area contributed by atoms with E-state index < -0.39 is 17.8 Å². The smallest absolute Gasteiger partial charge is 0.341 e. The van der Waals surface area contributed by atoms with E-state index in [4.69, 9.17) is 32.7 Å². The summed E-state index contributed by atoms with van der Waals surface area (Å²) in [6, 6.07) is 13.5. The molecule has 0 saturated carbocycles. The summed E-state index contributed by atoms with van der Waals surface area (Å²) in [4.78, 5) is 37.8. The second-order valence-corrected chi connectivity index (χ2v) is 8.35. The molecule has 166 valence electrons. The molecule has 7 nitrogen and oxygen atoms in total. The number of carbonyl (C=O) groups is 3. The number of hydrogen-bond acceptors (Lipinski definition) is 6. The van der Waals surface area contributed by atoms with Crippen molar-refractivity contribution in [3.05, 3.63) is 74.6 Å². The number of methoxy groups -OCH3 is 1. The lowest BCUT2D eigenvalue weighted by Crippen LogP contribution is -2.21. The maximum Gasteiger partial charge on any atom is 0.341 e. The third kappa shape index (κ3) is 5.59. The number of para-hydroxylation sites is 1. The fraction of sp³-hybridized carbons (Fsp3) is 0.136. The molecule has 0 radical (unpaired) electrons. The van der Waals surface area contributed by atoms with Crippen molar-refractivity contribution >= 4 is 63.0 Å². The third-order valence-corrected chi connectivity index (χ3v) is 6.02. The summed E-state index contributed by atoms with van der Waals surface area (Å²) in [5.74, 6) is -1.34. The van der Waals surface area contributed by atoms with E-state index in [1.807, 2.05) is 6.07 Å². The van der Waals surface area contributed by atoms with Crippen LogP contribution in [0.5, 0.6) is 5.75 Å². The van der Waals surface area contributed by atoms with E-state index in [0.29, 0.717) is 16.3 Å². The summed E-state index contributed by atoms with van der Waals surface area (Å²) < 4.78 is 10.3. The summed E-state index contributed by atoms with van der Waals surface area (Å²) in [7, 11) is 1.22. The maximum absolute atomic E-state index is 12.8. The highest BCUT2D eigenvalue weighted by atomic mass is 35.5. The number of benzene rings is 2. The zero-order chi connectivity index (χ0) is 23.3. The van der Waals surface area contributed by atoms with Gasteiger partial charge in [0, 0.05) is 10.7 Å². The normalized spacial score (nSPS) is 10.4. The Balaban J connectivity index is 1.78. The number of nitrogens with one attached hydrogen (secondary N) is 2. The second kappa shape index (κ2) is 10.5. The Labute approximate surface area is 198 Å². The molecule has 0 aliphatic heterocycles. The maximum atomic E-state index is 12.8. The molecule has 10 heteroatoms. The van der Waals surface area contributed by atoms with Gasteiger partial charge in [0.05, 0.1) is 22.6 Å². The van der Waals surface area contributed by atoms with Gasteiger partial charge in [0.2, 0.25) is 0 Å². The SMILES string of the molecule is COC(=O)c1c(NC(=O)COc2ccc(Cl)cc2Cl)sc(C(=O)Nc2ccccc2)c1C. The lowest BCUT2D eigenvalue weighted by molar-refractivity contribution is -0.118. The lowest BCUT2D eigenvalue weighted by Gasteiger charge is -2.09. The van der Waals surface area contributed by atoms with Crippen molar-refractivity contribution in [1.29, 1.82) is 0 Å². The van der Waals surface area contributed by atoms with Crippen LogP contribution in [0.1, 0.15) is 25.6 Å². The van der Waals surface area contributed by atoms with Crippen molar-refractivity contribution in [2.45, 2.75) is 6.92 Å². The Kier molecular flexibility index (Phi) is 7.74. The molecule has 1 heterocycles. The van der Waals surface area contributed by atoms with Crippen LogP contribution in [0.3, 0.4) is 0 Å². The number of hydrogen-bond donors (Lipinski definition) is 2. The monoisotopic (exact) mass is 492 g/mol. The topological polar surface area (TPSA) is 93.7 Å². The summed E-state index contributed by atoms with van der Waals surface area (Å²) in [6.45, 7) is 1.24. The molecule has 0 atom stereocenters. The van der Waals surface area contributed by atoms with Gasteiger partial charge < -0.3 is 20.1 Å². The summed E-state index contributed by atoms with van der Waals surface area (Å²) >= 11 is 12.9. The molecule has 0 saturated heterocycles. The summed E-state index contributed by atoms with van der Waals surface area (Å²) in [6.07, 6.45) is 0. The highest BCUT2D eigenvalue weighted by Crippen LogP contribution is 2.34. The minimum Gasteiger partial charge on any atom is -0.482 e. The van der Waals surface area contributed by atoms with Crippen molar-refractivity contribution in [2.75, 3.05) is 24.4 Å². The first-order valence-corrected chi connectivity index (χ1v) is 10.8. The molecule has 3 rings (SSSR count). The number of ether oxygens (including phenoxy) is 2. The van der Waals surface area contributed by atoms with Crippen molar-refractivity contribution in [3.63, 3.8) is 0 Å². The predicted octanol–water partition coefficient (Wildman–Crippen LogP) is 5.42. The largest absolute Gasteiger partial charge is 0.482 e. The van der Waals surface area contributed by atoms with E-state index >= 15 is 0 Å². The highest BCUT2D eigenvalue weighted by molar-refractivity contribution is 7.19. The van der Waals surface area contributed by atoms with E-state index in [0.717, 1.165) is 11.3 Å². The molecule has 2 N–H and O–H groups in total. The Morgan fingerprint density at radius 1 is 1.03 bits per heavy atom. The molecule has 0 spiro atoms. The molecule has 3 aromatic rings. The van der Waals surface area contributed by atoms with E-state index in [2.05, 4.69) is 10.6 Å². The fourth-order valence-corrected chi connectivity index (χ4v) is 4.34. The molecule has 0 aliphatic rings. The molecule has 0 fully saturated rings. The first-order valence-electron chi connectivity index (χ1n) is 9.26. The molecule has 32 heavy (non-hydrogen) atoms. The number of anilines is 2. The zero-order valence-electron chi connectivity index (χ0n) is 17.0. The highest BCUT2D eigenvalue weighted by Gasteiger charge is 2.26. The fourth-order valence-electron chi connectivity index (χ4n) is 2.77. The van der Waals surface area contributed by atoms with Crippen LogP contribution < -0.4 is 15.4 Å². The molecule has 2 aromatic carbocycles. The first-order chi connectivity index (χ1) is 15.3. The molecule has 2 amide bonds. The zero-order valence-corrected chi connectivity index (χ0v) is 19.4. The lowest BCUT2D eigenvalue weighted by atomic mass is 10.1. The van der Waals surface area contributed by atoms with Gasteiger partial charge in [-0.1, -0.05) is 41.4 Å². The first kappa shape index (κ1) is 23.6. The average molecular weight is 493 g/mol. The van der Waals surface area contributed by atoms with Crippen molar-refractivity contribution in [3.8, 4) is 5.75 Å². The third-order valence-electron chi connectivity index (χ3n) is 4.28. The van der Waals surface area contributed by atoms with Gasteiger partial charge in [0.1, 0.15) is 10.8 Å². The van der Waals surface area contributed by atoms with Crippen molar-refractivity contribution in [2.24, 2.45) is 0 Å². The molecule has 0 aliphatic carbocycles. The van der Waals surface area contributed by atoms with Crippen LogP contribution in [0.2, 0.25) is 10.0 Å². The van der Waals surface area contributed by atoms with E-state index in [1.165, 1.54) is 13.2 Å². The Bertz CT molecular complexity index is 1160. The van der Waals surface area contributed by atoms with Crippen LogP contribution in [0.15, 0.2) is 48.5 Å². The van der Waals surface area contributed by atoms with Crippen LogP contribution in [0.25, 0.3) is 0 Å². The second-order valence-electron chi connectivity index (χ2n) is 6.48. The number of thiophene rings is 1. The van der Waals surface area contributed by atoms with Crippen LogP contribution in [0.4, 0.5) is 10.7 Å². The Hall–Kier alpha value is -3.07. The number of carbonyl (C=O) groups excluding carboxylic acids is 3. The van der Waals surface area contributed by atoms with Crippen LogP contribution >= 0.6 is 34.5 Å². The Morgan fingerprint density at radius 3 is 2.41 bits per heavy atom. The summed E-state index contributed by atoms with van der Waals surface area (Å²) in [5.41, 5.74) is 1.10. The molecule has 0 unspecified atom stereocenters. The van der Waals surface area contributed by atoms with Gasteiger partial charge in [-0.15, -0.1) is 11.3 Å². The predicted molar refractivity (Wildman–Crippen MR) is 125 cm³/mol. The van der Waals surface area contributed by atoms with Gasteiger partial charge >= 0.3 is 5.97 Å². The van der Waals surface area contributed by atoms with E-state index in [-0.39, 0.29) is 32.8 Å². The van der Waals surface area contributed by atoms with Gasteiger partial charge in [-0.3, -0.25) is 9.59 Å². The van der Waals surface area contributed by atoms with Gasteiger partial charge in [-0.05, 0) is 42.8 Å². The van der Waals surface area contributed by atoms with Crippen molar-refractivity contribution in [1.82, 2.24) is 0 Å².